The summed E-state index contributed by atoms with van der Waals surface area (Å²) in [6.07, 6.45) is 8.38. The first-order valence-electron chi connectivity index (χ1n) is 11.8. The molecule has 1 aliphatic carbocycles. The fourth-order valence-corrected chi connectivity index (χ4v) is 4.42. The smallest absolute Gasteiger partial charge is 0.476 e. The van der Waals surface area contributed by atoms with Gasteiger partial charge >= 0.3 is 18.0 Å². The molecule has 1 aromatic carbocycles. The van der Waals surface area contributed by atoms with Crippen LogP contribution in [0.3, 0.4) is 0 Å². The molecule has 2 N–H and O–H groups in total. The SMILES string of the molecule is CC[N+]1(CCOC(=O)OC2CCCCC2)N=C(C(=O)O)C=C(Nc2cncc3ccccc23)C1=O. The van der Waals surface area contributed by atoms with E-state index >= 15 is 0 Å². The van der Waals surface area contributed by atoms with Crippen LogP contribution in [0.1, 0.15) is 39.0 Å². The highest BCUT2D eigenvalue weighted by Gasteiger charge is 2.43. The standard InChI is InChI=1S/C25H28N4O6/c1-2-29(12-13-34-25(33)35-18-9-4-3-5-10-18)23(30)20(14-21(28-29)24(31)32)27-22-16-26-15-17-8-6-7-11-19(17)22/h6-8,11,14-16,18H,2-5,9-10,12-13H2,1H3,(H-,27,28,31,32)/p+1. The van der Waals surface area contributed by atoms with Gasteiger partial charge in [-0.1, -0.05) is 35.8 Å². The highest BCUT2D eigenvalue weighted by molar-refractivity contribution is 6.41. The van der Waals surface area contributed by atoms with Gasteiger partial charge in [-0.2, -0.15) is 0 Å². The lowest BCUT2D eigenvalue weighted by atomic mass is 9.98. The van der Waals surface area contributed by atoms with Gasteiger partial charge in [0.25, 0.3) is 0 Å². The number of hydrogen-bond donors (Lipinski definition) is 2. The maximum Gasteiger partial charge on any atom is 0.508 e. The Morgan fingerprint density at radius 1 is 1.17 bits per heavy atom. The lowest BCUT2D eigenvalue weighted by Gasteiger charge is -2.31. The number of ether oxygens (including phenoxy) is 2. The van der Waals surface area contributed by atoms with Crippen molar-refractivity contribution in [2.45, 2.75) is 45.1 Å². The molecular formula is C25H29N4O6+. The van der Waals surface area contributed by atoms with Crippen LogP contribution in [0.5, 0.6) is 0 Å². The number of carbonyl (C=O) groups excluding carboxylic acids is 2. The van der Waals surface area contributed by atoms with Crippen molar-refractivity contribution < 1.29 is 33.6 Å². The van der Waals surface area contributed by atoms with E-state index in [-0.39, 0.29) is 37.2 Å². The number of likely N-dealkylation sites (N-methyl/N-ethyl adjacent to an activating group) is 1. The van der Waals surface area contributed by atoms with E-state index in [9.17, 15) is 19.5 Å². The second kappa shape index (κ2) is 10.6. The molecule has 1 aliphatic heterocycles. The monoisotopic (exact) mass is 481 g/mol. The number of pyridine rings is 1. The number of benzene rings is 1. The van der Waals surface area contributed by atoms with E-state index in [1.54, 1.807) is 19.3 Å². The third kappa shape index (κ3) is 5.48. The third-order valence-corrected chi connectivity index (χ3v) is 6.36. The Hall–Kier alpha value is -3.79. The normalized spacial score (nSPS) is 20.7. The maximum atomic E-state index is 13.5. The predicted octanol–water partition coefficient (Wildman–Crippen LogP) is 3.83. The van der Waals surface area contributed by atoms with Crippen LogP contribution in [0.15, 0.2) is 53.5 Å². The minimum Gasteiger partial charge on any atom is -0.476 e. The van der Waals surface area contributed by atoms with Crippen molar-refractivity contribution in [1.29, 1.82) is 0 Å². The molecule has 2 aromatic rings. The molecule has 0 radical (unpaired) electrons. The van der Waals surface area contributed by atoms with E-state index in [0.29, 0.717) is 5.69 Å². The van der Waals surface area contributed by atoms with E-state index in [0.717, 1.165) is 42.9 Å². The van der Waals surface area contributed by atoms with Gasteiger partial charge in [-0.25, -0.2) is 14.4 Å². The molecule has 1 unspecified atom stereocenters. The quantitative estimate of drug-likeness (QED) is 0.430. The van der Waals surface area contributed by atoms with E-state index < -0.39 is 22.6 Å². The summed E-state index contributed by atoms with van der Waals surface area (Å²) in [5, 5.41) is 18.6. The molecule has 1 fully saturated rings. The number of anilines is 1. The Morgan fingerprint density at radius 3 is 2.69 bits per heavy atom. The lowest BCUT2D eigenvalue weighted by Crippen LogP contribution is -2.54. The highest BCUT2D eigenvalue weighted by atomic mass is 16.7. The molecule has 1 saturated carbocycles. The van der Waals surface area contributed by atoms with Crippen LogP contribution in [-0.4, -0.2) is 64.2 Å². The van der Waals surface area contributed by atoms with Gasteiger partial charge in [0, 0.05) is 23.0 Å². The summed E-state index contributed by atoms with van der Waals surface area (Å²) in [6.45, 7) is 1.72. The molecule has 184 valence electrons. The Kier molecular flexibility index (Phi) is 7.40. The number of hydrogen-bond acceptors (Lipinski definition) is 8. The topological polar surface area (TPSA) is 127 Å². The molecule has 0 saturated heterocycles. The number of aromatic nitrogens is 1. The average Bonchev–Trinajstić information content (AvgIpc) is 2.87. The van der Waals surface area contributed by atoms with Gasteiger partial charge in [0.2, 0.25) is 5.71 Å². The molecular weight excluding hydrogens is 452 g/mol. The van der Waals surface area contributed by atoms with E-state index in [1.807, 2.05) is 24.3 Å². The summed E-state index contributed by atoms with van der Waals surface area (Å²) in [4.78, 5) is 41.7. The number of carboxylic acid groups (broad SMARTS) is 1. The zero-order valence-corrected chi connectivity index (χ0v) is 19.6. The fourth-order valence-electron chi connectivity index (χ4n) is 4.42. The number of amides is 1. The molecule has 1 atom stereocenters. The average molecular weight is 482 g/mol. The summed E-state index contributed by atoms with van der Waals surface area (Å²) in [5.41, 5.74) is 0.366. The largest absolute Gasteiger partial charge is 0.508 e. The third-order valence-electron chi connectivity index (χ3n) is 6.36. The summed E-state index contributed by atoms with van der Waals surface area (Å²) in [6, 6.07) is 7.52. The van der Waals surface area contributed by atoms with Crippen molar-refractivity contribution in [3.8, 4) is 0 Å². The summed E-state index contributed by atoms with van der Waals surface area (Å²) >= 11 is 0. The first-order chi connectivity index (χ1) is 16.9. The van der Waals surface area contributed by atoms with Crippen molar-refractivity contribution in [1.82, 2.24) is 4.98 Å². The molecule has 35 heavy (non-hydrogen) atoms. The molecule has 10 heteroatoms. The summed E-state index contributed by atoms with van der Waals surface area (Å²) < 4.78 is 10.0. The van der Waals surface area contributed by atoms with Gasteiger partial charge in [-0.05, 0) is 32.6 Å². The van der Waals surface area contributed by atoms with Gasteiger partial charge in [-0.3, -0.25) is 4.98 Å². The van der Waals surface area contributed by atoms with Crippen molar-refractivity contribution in [3.05, 3.63) is 48.4 Å². The molecule has 4 rings (SSSR count). The predicted molar refractivity (Wildman–Crippen MR) is 129 cm³/mol. The zero-order chi connectivity index (χ0) is 24.8. The minimum absolute atomic E-state index is 0.0291. The lowest BCUT2D eigenvalue weighted by molar-refractivity contribution is -0.858. The van der Waals surface area contributed by atoms with Crippen LogP contribution in [0.4, 0.5) is 10.5 Å². The van der Waals surface area contributed by atoms with Gasteiger partial charge in [-0.15, -0.1) is 4.59 Å². The van der Waals surface area contributed by atoms with Gasteiger partial charge in [0.1, 0.15) is 31.5 Å². The number of nitrogens with one attached hydrogen (secondary N) is 1. The number of carbonyl (C=O) groups is 3. The van der Waals surface area contributed by atoms with Crippen molar-refractivity contribution in [3.63, 3.8) is 0 Å². The molecule has 10 nitrogen and oxygen atoms in total. The molecule has 2 aliphatic rings. The molecule has 1 amide bonds. The number of rotatable bonds is 8. The van der Waals surface area contributed by atoms with E-state index in [2.05, 4.69) is 15.4 Å². The Balaban J connectivity index is 1.51. The Morgan fingerprint density at radius 2 is 1.94 bits per heavy atom. The number of aliphatic carboxylic acids is 1. The molecule has 0 bridgehead atoms. The van der Waals surface area contributed by atoms with Crippen LogP contribution < -0.4 is 5.32 Å². The fraction of sp³-hybridized carbons (Fsp3) is 0.400. The van der Waals surface area contributed by atoms with Crippen LogP contribution in [0.25, 0.3) is 10.8 Å². The number of nitrogens with zero attached hydrogens (tertiary/aromatic N) is 3. The Labute approximate surface area is 202 Å². The molecule has 0 spiro atoms. The number of carboxylic acids is 1. The summed E-state index contributed by atoms with van der Waals surface area (Å²) in [5.74, 6) is -1.70. The van der Waals surface area contributed by atoms with E-state index in [4.69, 9.17) is 9.47 Å². The van der Waals surface area contributed by atoms with Gasteiger partial charge in [0.15, 0.2) is 0 Å². The van der Waals surface area contributed by atoms with Crippen LogP contribution in [-0.2, 0) is 19.1 Å². The van der Waals surface area contributed by atoms with Crippen LogP contribution >= 0.6 is 0 Å². The number of quaternary nitrogens is 1. The minimum atomic E-state index is -1.26. The second-order valence-electron chi connectivity index (χ2n) is 8.63. The van der Waals surface area contributed by atoms with Crippen molar-refractivity contribution in [2.75, 3.05) is 25.0 Å². The maximum absolute atomic E-state index is 13.5. The van der Waals surface area contributed by atoms with Crippen LogP contribution in [0, 0.1) is 0 Å². The summed E-state index contributed by atoms with van der Waals surface area (Å²) in [7, 11) is 0. The number of fused-ring (bicyclic) bond motifs is 1. The van der Waals surface area contributed by atoms with E-state index in [1.165, 1.54) is 6.08 Å². The molecule has 2 heterocycles. The van der Waals surface area contributed by atoms with Crippen molar-refractivity contribution >= 4 is 40.2 Å². The van der Waals surface area contributed by atoms with Gasteiger partial charge < -0.3 is 19.9 Å². The van der Waals surface area contributed by atoms with Crippen LogP contribution in [0.2, 0.25) is 0 Å². The Bertz CT molecular complexity index is 1180. The highest BCUT2D eigenvalue weighted by Crippen LogP contribution is 2.27. The second-order valence-corrected chi connectivity index (χ2v) is 8.63. The van der Waals surface area contributed by atoms with Crippen molar-refractivity contribution in [2.24, 2.45) is 5.10 Å². The zero-order valence-electron chi connectivity index (χ0n) is 19.6. The molecule has 1 aromatic heterocycles. The first-order valence-corrected chi connectivity index (χ1v) is 11.8. The first kappa shape index (κ1) is 24.3. The van der Waals surface area contributed by atoms with Gasteiger partial charge in [0.05, 0.1) is 11.9 Å².